The summed E-state index contributed by atoms with van der Waals surface area (Å²) >= 11 is 7.54. The Morgan fingerprint density at radius 1 is 0.477 bits per heavy atom. The van der Waals surface area contributed by atoms with Crippen molar-refractivity contribution in [3.63, 3.8) is 0 Å². The summed E-state index contributed by atoms with van der Waals surface area (Å²) in [5.41, 5.74) is -1.26. The first-order valence-electron chi connectivity index (χ1n) is 26.3. The molecule has 0 unspecified atom stereocenters. The Labute approximate surface area is 508 Å². The second kappa shape index (κ2) is 30.1. The largest absolute Gasteiger partial charge is 0.497 e. The number of amides is 3. The van der Waals surface area contributed by atoms with Crippen LogP contribution in [-0.4, -0.2) is 70.4 Å². The molecule has 0 spiro atoms. The van der Waals surface area contributed by atoms with Gasteiger partial charge in [-0.3, -0.25) is 14.4 Å². The highest BCUT2D eigenvalue weighted by molar-refractivity contribution is 7.99. The second-order valence-electron chi connectivity index (χ2n) is 18.5. The molecule has 14 nitrogen and oxygen atoms in total. The lowest BCUT2D eigenvalue weighted by atomic mass is 10.0. The number of rotatable bonds is 18. The Kier molecular flexibility index (Phi) is 22.3. The molecule has 3 amide bonds. The molecule has 22 heteroatoms. The molecular formula is C66H50ClF6N3O11S. The van der Waals surface area contributed by atoms with Crippen LogP contribution in [0.2, 0.25) is 5.02 Å². The molecule has 0 aromatic heterocycles. The summed E-state index contributed by atoms with van der Waals surface area (Å²) in [4.78, 5) is 71.7. The Balaban J connectivity index is 0.000000189. The van der Waals surface area contributed by atoms with Crippen LogP contribution in [0.5, 0.6) is 11.5 Å². The van der Waals surface area contributed by atoms with E-state index in [1.54, 1.807) is 47.8 Å². The maximum Gasteiger partial charge on any atom is 0.336 e. The van der Waals surface area contributed by atoms with Crippen LogP contribution < -0.4 is 25.4 Å². The molecule has 0 saturated carbocycles. The molecule has 0 aliphatic heterocycles. The van der Waals surface area contributed by atoms with Gasteiger partial charge in [-0.05, 0) is 138 Å². The van der Waals surface area contributed by atoms with E-state index in [0.29, 0.717) is 44.9 Å². The number of carbonyl (C=O) groups excluding carboxylic acids is 3. The van der Waals surface area contributed by atoms with E-state index in [2.05, 4.69) is 10.6 Å². The van der Waals surface area contributed by atoms with Crippen LogP contribution in [0.15, 0.2) is 181 Å². The molecular weight excluding hydrogens is 1190 g/mol. The van der Waals surface area contributed by atoms with Gasteiger partial charge in [-0.1, -0.05) is 92.2 Å². The van der Waals surface area contributed by atoms with Gasteiger partial charge < -0.3 is 40.7 Å². The Morgan fingerprint density at radius 3 is 1.52 bits per heavy atom. The fraction of sp³-hybridized carbons (Fsp3) is 0.0909. The van der Waals surface area contributed by atoms with Crippen molar-refractivity contribution in [3.8, 4) is 44.9 Å². The zero-order valence-electron chi connectivity index (χ0n) is 46.5. The van der Waals surface area contributed by atoms with E-state index in [1.165, 1.54) is 110 Å². The second-order valence-corrected chi connectivity index (χ2v) is 20.2. The summed E-state index contributed by atoms with van der Waals surface area (Å²) in [6.45, 7) is 4.49. The van der Waals surface area contributed by atoms with Gasteiger partial charge in [0.25, 0.3) is 17.7 Å². The summed E-state index contributed by atoms with van der Waals surface area (Å²) in [5.74, 6) is -12.7. The van der Waals surface area contributed by atoms with E-state index < -0.39 is 92.9 Å². The van der Waals surface area contributed by atoms with Gasteiger partial charge in [0.2, 0.25) is 0 Å². The molecule has 0 aliphatic carbocycles. The first-order chi connectivity index (χ1) is 42.1. The minimum Gasteiger partial charge on any atom is -0.497 e. The number of hydrogen-bond acceptors (Lipinski definition) is 9. The first kappa shape index (κ1) is 65.2. The third-order valence-corrected chi connectivity index (χ3v) is 13.9. The van der Waals surface area contributed by atoms with Crippen molar-refractivity contribution in [2.24, 2.45) is 0 Å². The van der Waals surface area contributed by atoms with Crippen molar-refractivity contribution in [2.75, 3.05) is 35.4 Å². The van der Waals surface area contributed by atoms with E-state index in [0.717, 1.165) is 30.2 Å². The average Bonchev–Trinajstić information content (AvgIpc) is 1.31. The molecule has 450 valence electrons. The van der Waals surface area contributed by atoms with Gasteiger partial charge in [0.1, 0.15) is 28.8 Å². The van der Waals surface area contributed by atoms with Gasteiger partial charge >= 0.3 is 17.9 Å². The minimum absolute atomic E-state index is 0.0182. The summed E-state index contributed by atoms with van der Waals surface area (Å²) < 4.78 is 98.8. The molecule has 9 aromatic rings. The van der Waals surface area contributed by atoms with E-state index >= 15 is 0 Å². The number of carboxylic acid groups (broad SMARTS) is 3. The van der Waals surface area contributed by atoms with E-state index in [9.17, 15) is 65.3 Å². The number of carboxylic acids is 3. The van der Waals surface area contributed by atoms with Crippen LogP contribution in [0.1, 0.15) is 82.4 Å². The van der Waals surface area contributed by atoms with Crippen LogP contribution in [-0.2, 0) is 0 Å². The molecule has 0 fully saturated rings. The van der Waals surface area contributed by atoms with Gasteiger partial charge in [-0.15, -0.1) is 11.8 Å². The number of aromatic carboxylic acids is 3. The summed E-state index contributed by atoms with van der Waals surface area (Å²) in [5, 5.41) is 34.6. The first-order valence-corrected chi connectivity index (χ1v) is 27.7. The maximum atomic E-state index is 14.7. The molecule has 9 rings (SSSR count). The number of benzene rings is 9. The highest BCUT2D eigenvalue weighted by Crippen LogP contribution is 2.38. The Bertz CT molecular complexity index is 4110. The SMILES string of the molecule is CCCOc1cccc(-c2ccc(NC(=O)c3ccccc3C(=O)O)c(F)c2)c1.CCSc1cccc(-c2c(F)c(F)c(NC(=O)c3ccccc3C(=O)O)c(F)c2F)c1.COc1ccc(Cl)c(-c2ccc(NC(=O)c3ccccc3C(=O)O)cc2F)c1. The van der Waals surface area contributed by atoms with Crippen molar-refractivity contribution in [3.05, 3.63) is 249 Å². The number of methoxy groups -OCH3 is 1. The van der Waals surface area contributed by atoms with Gasteiger partial charge in [-0.25, -0.2) is 40.7 Å². The van der Waals surface area contributed by atoms with Crippen molar-refractivity contribution in [1.82, 2.24) is 0 Å². The van der Waals surface area contributed by atoms with Crippen molar-refractivity contribution in [2.45, 2.75) is 25.2 Å². The van der Waals surface area contributed by atoms with Gasteiger partial charge in [0.15, 0.2) is 23.3 Å². The molecule has 0 saturated heterocycles. The zero-order valence-corrected chi connectivity index (χ0v) is 48.1. The quantitative estimate of drug-likeness (QED) is 0.0269. The van der Waals surface area contributed by atoms with Crippen LogP contribution in [0.25, 0.3) is 33.4 Å². The summed E-state index contributed by atoms with van der Waals surface area (Å²) in [6.07, 6.45) is 0.887. The van der Waals surface area contributed by atoms with Crippen LogP contribution in [0.4, 0.5) is 43.4 Å². The van der Waals surface area contributed by atoms with Crippen LogP contribution >= 0.6 is 23.4 Å². The van der Waals surface area contributed by atoms with Gasteiger partial charge in [-0.2, -0.15) is 0 Å². The molecule has 0 radical (unpaired) electrons. The van der Waals surface area contributed by atoms with E-state index in [-0.39, 0.29) is 44.8 Å². The number of carbonyl (C=O) groups is 6. The van der Waals surface area contributed by atoms with E-state index in [4.69, 9.17) is 26.2 Å². The molecule has 6 N–H and O–H groups in total. The minimum atomic E-state index is -1.80. The lowest BCUT2D eigenvalue weighted by molar-refractivity contribution is 0.0683. The molecule has 0 atom stereocenters. The zero-order chi connectivity index (χ0) is 63.8. The predicted molar refractivity (Wildman–Crippen MR) is 323 cm³/mol. The van der Waals surface area contributed by atoms with Gasteiger partial charge in [0, 0.05) is 26.7 Å². The lowest BCUT2D eigenvalue weighted by Crippen LogP contribution is -2.19. The lowest BCUT2D eigenvalue weighted by Gasteiger charge is -2.14. The van der Waals surface area contributed by atoms with Gasteiger partial charge in [0.05, 0.1) is 58.3 Å². The van der Waals surface area contributed by atoms with E-state index in [1.807, 2.05) is 38.1 Å². The third kappa shape index (κ3) is 15.9. The number of nitrogens with one attached hydrogen (secondary N) is 3. The number of ether oxygens (including phenoxy) is 2. The molecule has 0 aliphatic rings. The third-order valence-electron chi connectivity index (χ3n) is 12.7. The van der Waals surface area contributed by atoms with Crippen molar-refractivity contribution >= 4 is 76.1 Å². The molecule has 9 aromatic carbocycles. The fourth-order valence-corrected chi connectivity index (χ4v) is 9.44. The van der Waals surface area contributed by atoms with Crippen LogP contribution in [0.3, 0.4) is 0 Å². The number of anilines is 3. The number of thioether (sulfide) groups is 1. The normalized spacial score (nSPS) is 10.5. The highest BCUT2D eigenvalue weighted by atomic mass is 35.5. The monoisotopic (exact) mass is 1240 g/mol. The maximum absolute atomic E-state index is 14.7. The highest BCUT2D eigenvalue weighted by Gasteiger charge is 2.29. The number of hydrogen-bond donors (Lipinski definition) is 6. The summed E-state index contributed by atoms with van der Waals surface area (Å²) in [6, 6.07) is 43.2. The Morgan fingerprint density at radius 2 is 1.00 bits per heavy atom. The number of halogens is 7. The molecule has 88 heavy (non-hydrogen) atoms. The fourth-order valence-electron chi connectivity index (χ4n) is 8.51. The van der Waals surface area contributed by atoms with Crippen LogP contribution in [0, 0.1) is 34.9 Å². The summed E-state index contributed by atoms with van der Waals surface area (Å²) in [7, 11) is 1.50. The average molecular weight is 1240 g/mol. The standard InChI is InChI=1S/C23H20FNO4.C22H15F4NO3S.C21H15ClFNO4/c1-2-12-29-17-7-5-6-15(13-17)16-10-11-21(20(24)14-16)25-22(26)18-8-3-4-9-19(18)23(27)28;1-2-31-12-7-5-6-11(10-12)15-16(23)18(25)20(19(26)17(15)24)27-21(28)13-8-3-4-9-14(13)22(29)30;1-28-13-7-9-18(22)17(11-13)14-8-6-12(10-19(14)23)24-20(25)15-4-2-3-5-16(15)21(26)27/h3-11,13-14H,2,12H2,1H3,(H,25,26)(H,27,28);3-10H,2H2,1H3,(H,27,28)(H,29,30);2-11H,1H3,(H,24,25)(H,26,27). The van der Waals surface area contributed by atoms with Crippen molar-refractivity contribution in [1.29, 1.82) is 0 Å². The predicted octanol–water partition coefficient (Wildman–Crippen LogP) is 16.3. The smallest absolute Gasteiger partial charge is 0.336 e. The molecule has 0 bridgehead atoms. The van der Waals surface area contributed by atoms with Crippen molar-refractivity contribution < 1.29 is 79.9 Å². The topological polar surface area (TPSA) is 218 Å². The molecule has 0 heterocycles. The Hall–Kier alpha value is -10.4.